The van der Waals surface area contributed by atoms with E-state index in [1.165, 1.54) is 44.9 Å². The van der Waals surface area contributed by atoms with Crippen molar-refractivity contribution in [1.82, 2.24) is 40.5 Å². The summed E-state index contributed by atoms with van der Waals surface area (Å²) in [5.41, 5.74) is 0. The first-order chi connectivity index (χ1) is 20.7. The third-order valence-corrected chi connectivity index (χ3v) is 6.66. The molecule has 0 aliphatic rings. The molecule has 0 unspecified atom stereocenters. The Labute approximate surface area is 272 Å². The van der Waals surface area contributed by atoms with Crippen molar-refractivity contribution >= 4 is 48.1 Å². The van der Waals surface area contributed by atoms with E-state index in [0.717, 1.165) is 52.1 Å². The van der Waals surface area contributed by atoms with Crippen LogP contribution in [-0.2, 0) is 0 Å². The number of anilines is 6. The monoisotopic (exact) mass is 638 g/mol. The molecule has 2 rings (SSSR count). The number of hydrogen-bond donors (Lipinski definition) is 4. The van der Waals surface area contributed by atoms with Crippen molar-refractivity contribution in [1.29, 1.82) is 0 Å². The van der Waals surface area contributed by atoms with E-state index in [-0.39, 0.29) is 12.4 Å². The molecule has 2 aromatic rings. The quantitative estimate of drug-likeness (QED) is 0.125. The summed E-state index contributed by atoms with van der Waals surface area (Å²) in [4.78, 5) is 34.4. The molecule has 0 fully saturated rings. The molecule has 0 saturated heterocycles. The van der Waals surface area contributed by atoms with Gasteiger partial charge in [0.1, 0.15) is 0 Å². The number of aromatic nitrogens is 6. The van der Waals surface area contributed by atoms with Crippen LogP contribution in [0, 0.1) is 0 Å². The van der Waals surface area contributed by atoms with Crippen LogP contribution in [0.15, 0.2) is 0 Å². The predicted molar refractivity (Wildman–Crippen MR) is 188 cm³/mol. The van der Waals surface area contributed by atoms with Gasteiger partial charge in [-0.2, -0.15) is 29.9 Å². The van der Waals surface area contributed by atoms with E-state index in [9.17, 15) is 0 Å². The Morgan fingerprint density at radius 2 is 0.636 bits per heavy atom. The highest BCUT2D eigenvalue weighted by Gasteiger charge is 2.10. The van der Waals surface area contributed by atoms with E-state index in [4.69, 9.17) is 0 Å². The van der Waals surface area contributed by atoms with E-state index < -0.39 is 0 Å². The zero-order valence-electron chi connectivity index (χ0n) is 28.5. The standard InChI is InChI=1S/C29H58N14.ClH/c1-40(2)26-34-24(35-27(38-26)41(3)4)32-22-16-20-30-18-14-12-10-9-11-13-15-19-31-21-17-23-33-25-36-28(42(5)6)39-29(37-25)43(7)8;/h30-31H,9-23H2,1-8H3,(H,32,34,35,38)(H,33,36,37,39);1H. The Hall–Kier alpha value is -2.97. The summed E-state index contributed by atoms with van der Waals surface area (Å²) in [5.74, 6) is 3.89. The minimum absolute atomic E-state index is 0. The Morgan fingerprint density at radius 3 is 0.932 bits per heavy atom. The van der Waals surface area contributed by atoms with Gasteiger partial charge in [0.05, 0.1) is 0 Å². The van der Waals surface area contributed by atoms with Crippen LogP contribution in [0.2, 0.25) is 0 Å². The van der Waals surface area contributed by atoms with Gasteiger partial charge >= 0.3 is 0 Å². The molecule has 0 aliphatic carbocycles. The van der Waals surface area contributed by atoms with Crippen LogP contribution >= 0.6 is 12.4 Å². The highest BCUT2D eigenvalue weighted by molar-refractivity contribution is 5.85. The molecule has 0 aliphatic heterocycles. The molecule has 0 saturated carbocycles. The van der Waals surface area contributed by atoms with Gasteiger partial charge in [-0.25, -0.2) is 0 Å². The predicted octanol–water partition coefficient (Wildman–Crippen LogP) is 2.96. The van der Waals surface area contributed by atoms with Crippen LogP contribution in [0.4, 0.5) is 35.7 Å². The molecule has 0 amide bonds. The van der Waals surface area contributed by atoms with Crippen molar-refractivity contribution in [3.8, 4) is 0 Å². The van der Waals surface area contributed by atoms with Crippen molar-refractivity contribution in [3.05, 3.63) is 0 Å². The van der Waals surface area contributed by atoms with Crippen molar-refractivity contribution in [2.24, 2.45) is 0 Å². The summed E-state index contributed by atoms with van der Waals surface area (Å²) in [7, 11) is 15.5. The molecule has 4 N–H and O–H groups in total. The summed E-state index contributed by atoms with van der Waals surface area (Å²) in [6.45, 7) is 5.82. The zero-order chi connectivity index (χ0) is 31.5. The van der Waals surface area contributed by atoms with E-state index in [1.807, 2.05) is 76.0 Å². The maximum Gasteiger partial charge on any atom is 0.231 e. The molecule has 0 aromatic carbocycles. The molecule has 0 bridgehead atoms. The minimum Gasteiger partial charge on any atom is -0.354 e. The third kappa shape index (κ3) is 16.2. The number of nitrogens with one attached hydrogen (secondary N) is 4. The Morgan fingerprint density at radius 1 is 0.364 bits per heavy atom. The summed E-state index contributed by atoms with van der Waals surface area (Å²) >= 11 is 0. The van der Waals surface area contributed by atoms with Crippen LogP contribution in [0.5, 0.6) is 0 Å². The first kappa shape index (κ1) is 39.1. The van der Waals surface area contributed by atoms with E-state index in [1.54, 1.807) is 0 Å². The molecule has 0 atom stereocenters. The van der Waals surface area contributed by atoms with E-state index >= 15 is 0 Å². The van der Waals surface area contributed by atoms with Gasteiger partial charge < -0.3 is 40.9 Å². The maximum atomic E-state index is 4.48. The number of rotatable bonds is 24. The van der Waals surface area contributed by atoms with Gasteiger partial charge in [-0.15, -0.1) is 12.4 Å². The minimum atomic E-state index is 0. The zero-order valence-corrected chi connectivity index (χ0v) is 29.3. The molecule has 14 nitrogen and oxygen atoms in total. The summed E-state index contributed by atoms with van der Waals surface area (Å²) < 4.78 is 0. The van der Waals surface area contributed by atoms with Gasteiger partial charge in [0, 0.05) is 69.5 Å². The Balaban J connectivity index is 0.00000968. The van der Waals surface area contributed by atoms with Gasteiger partial charge in [0.25, 0.3) is 0 Å². The fraction of sp³-hybridized carbons (Fsp3) is 0.793. The molecule has 44 heavy (non-hydrogen) atoms. The average molecular weight is 639 g/mol. The fourth-order valence-electron chi connectivity index (χ4n) is 4.13. The molecular weight excluding hydrogens is 580 g/mol. The van der Waals surface area contributed by atoms with Gasteiger partial charge in [-0.3, -0.25) is 0 Å². The first-order valence-corrected chi connectivity index (χ1v) is 15.8. The first-order valence-electron chi connectivity index (χ1n) is 15.8. The largest absolute Gasteiger partial charge is 0.354 e. The highest BCUT2D eigenvalue weighted by Crippen LogP contribution is 2.14. The van der Waals surface area contributed by atoms with Crippen molar-refractivity contribution in [2.45, 2.75) is 57.8 Å². The summed E-state index contributed by atoms with van der Waals surface area (Å²) in [5, 5.41) is 13.8. The van der Waals surface area contributed by atoms with Crippen LogP contribution in [-0.4, -0.2) is 126 Å². The number of halogens is 1. The van der Waals surface area contributed by atoms with Gasteiger partial charge in [0.15, 0.2) is 0 Å². The molecule has 2 aromatic heterocycles. The number of nitrogens with zero attached hydrogens (tertiary/aromatic N) is 10. The second kappa shape index (κ2) is 22.5. The SMILES string of the molecule is CN(C)c1nc(NCCCNCCCCCCCCCNCCCNc2nc(N(C)C)nc(N(C)C)n2)nc(N(C)C)n1.Cl. The van der Waals surface area contributed by atoms with Crippen molar-refractivity contribution in [2.75, 3.05) is 126 Å². The Kier molecular flexibility index (Phi) is 20.0. The topological polar surface area (TPSA) is 138 Å². The highest BCUT2D eigenvalue weighted by atomic mass is 35.5. The van der Waals surface area contributed by atoms with Crippen LogP contribution in [0.25, 0.3) is 0 Å². The molecule has 0 spiro atoms. The van der Waals surface area contributed by atoms with E-state index in [2.05, 4.69) is 51.2 Å². The van der Waals surface area contributed by atoms with Gasteiger partial charge in [-0.05, 0) is 51.9 Å². The lowest BCUT2D eigenvalue weighted by Crippen LogP contribution is -2.22. The van der Waals surface area contributed by atoms with Crippen molar-refractivity contribution in [3.63, 3.8) is 0 Å². The molecule has 252 valence electrons. The van der Waals surface area contributed by atoms with Gasteiger partial charge in [0.2, 0.25) is 35.7 Å². The normalized spacial score (nSPS) is 10.7. The van der Waals surface area contributed by atoms with E-state index in [0.29, 0.717) is 35.7 Å². The smallest absolute Gasteiger partial charge is 0.231 e. The Bertz CT molecular complexity index is 890. The third-order valence-electron chi connectivity index (χ3n) is 6.66. The van der Waals surface area contributed by atoms with Crippen LogP contribution in [0.1, 0.15) is 57.8 Å². The number of unbranched alkanes of at least 4 members (excludes halogenated alkanes) is 6. The maximum absolute atomic E-state index is 4.48. The molecule has 2 heterocycles. The molecular formula is C29H59ClN14. The van der Waals surface area contributed by atoms with Gasteiger partial charge in [-0.1, -0.05) is 32.1 Å². The number of hydrogen-bond acceptors (Lipinski definition) is 14. The van der Waals surface area contributed by atoms with Crippen LogP contribution in [0.3, 0.4) is 0 Å². The van der Waals surface area contributed by atoms with Crippen molar-refractivity contribution < 1.29 is 0 Å². The molecule has 15 heteroatoms. The summed E-state index contributed by atoms with van der Waals surface area (Å²) in [6, 6.07) is 0. The second-order valence-electron chi connectivity index (χ2n) is 11.6. The lowest BCUT2D eigenvalue weighted by molar-refractivity contribution is 0.542. The van der Waals surface area contributed by atoms with Crippen LogP contribution < -0.4 is 40.9 Å². The fourth-order valence-corrected chi connectivity index (χ4v) is 4.13. The average Bonchev–Trinajstić information content (AvgIpc) is 2.97. The molecule has 0 radical (unpaired) electrons. The second-order valence-corrected chi connectivity index (χ2v) is 11.6. The lowest BCUT2D eigenvalue weighted by atomic mass is 10.1. The summed E-state index contributed by atoms with van der Waals surface area (Å²) in [6.07, 6.45) is 11.1. The lowest BCUT2D eigenvalue weighted by Gasteiger charge is -2.16.